The van der Waals surface area contributed by atoms with Gasteiger partial charge in [0.05, 0.1) is 17.2 Å². The van der Waals surface area contributed by atoms with E-state index in [4.69, 9.17) is 16.0 Å². The summed E-state index contributed by atoms with van der Waals surface area (Å²) in [5, 5.41) is 10.4. The van der Waals surface area contributed by atoms with E-state index in [0.29, 0.717) is 27.9 Å². The fraction of sp³-hybridized carbons (Fsp3) is 0.143. The minimum atomic E-state index is -0.579. The standard InChI is InChI=1S/C21H17ClN4O3S/c1-12-9-18(27)20(25-26(12)15-5-3-14(22)4-6-15)21(28)23-10-16-7-8-19(29-16)17-11-30-13(2)24-17/h3-9,11H,10H2,1-2H3,(H,23,28). The molecule has 1 amide bonds. The molecule has 4 rings (SSSR count). The van der Waals surface area contributed by atoms with Crippen LogP contribution in [0.3, 0.4) is 0 Å². The van der Waals surface area contributed by atoms with Crippen LogP contribution in [-0.4, -0.2) is 20.7 Å². The second-order valence-corrected chi connectivity index (χ2v) is 8.09. The average Bonchev–Trinajstić information content (AvgIpc) is 3.36. The van der Waals surface area contributed by atoms with Gasteiger partial charge in [-0.1, -0.05) is 11.6 Å². The quantitative estimate of drug-likeness (QED) is 0.503. The van der Waals surface area contributed by atoms with Gasteiger partial charge in [-0.05, 0) is 50.2 Å². The lowest BCUT2D eigenvalue weighted by molar-refractivity contribution is 0.0940. The Bertz CT molecular complexity index is 1270. The zero-order chi connectivity index (χ0) is 21.3. The number of nitrogens with zero attached hydrogens (tertiary/aromatic N) is 3. The van der Waals surface area contributed by atoms with Gasteiger partial charge in [-0.2, -0.15) is 5.10 Å². The minimum absolute atomic E-state index is 0.123. The smallest absolute Gasteiger partial charge is 0.276 e. The number of carbonyl (C=O) groups is 1. The predicted molar refractivity (Wildman–Crippen MR) is 115 cm³/mol. The van der Waals surface area contributed by atoms with E-state index in [1.807, 2.05) is 12.3 Å². The van der Waals surface area contributed by atoms with E-state index in [9.17, 15) is 9.59 Å². The third-order valence-electron chi connectivity index (χ3n) is 4.35. The lowest BCUT2D eigenvalue weighted by Crippen LogP contribution is -2.31. The highest BCUT2D eigenvalue weighted by molar-refractivity contribution is 7.09. The molecule has 0 aliphatic rings. The number of aromatic nitrogens is 3. The molecular weight excluding hydrogens is 424 g/mol. The van der Waals surface area contributed by atoms with Crippen LogP contribution in [-0.2, 0) is 6.54 Å². The maximum atomic E-state index is 12.6. The van der Waals surface area contributed by atoms with Crippen molar-refractivity contribution in [2.24, 2.45) is 0 Å². The van der Waals surface area contributed by atoms with Gasteiger partial charge in [0.2, 0.25) is 5.43 Å². The van der Waals surface area contributed by atoms with Crippen LogP contribution in [0.25, 0.3) is 17.1 Å². The first-order valence-electron chi connectivity index (χ1n) is 9.07. The number of thiazole rings is 1. The second-order valence-electron chi connectivity index (χ2n) is 6.59. The molecule has 0 saturated carbocycles. The van der Waals surface area contributed by atoms with Crippen LogP contribution >= 0.6 is 22.9 Å². The van der Waals surface area contributed by atoms with Gasteiger partial charge in [0, 0.05) is 22.2 Å². The number of aryl methyl sites for hydroxylation is 2. The monoisotopic (exact) mass is 440 g/mol. The number of rotatable bonds is 5. The van der Waals surface area contributed by atoms with Crippen LogP contribution in [0.4, 0.5) is 0 Å². The zero-order valence-electron chi connectivity index (χ0n) is 16.2. The first-order chi connectivity index (χ1) is 14.4. The van der Waals surface area contributed by atoms with Crippen molar-refractivity contribution in [3.8, 4) is 17.1 Å². The molecule has 30 heavy (non-hydrogen) atoms. The van der Waals surface area contributed by atoms with Crippen LogP contribution in [0.2, 0.25) is 5.02 Å². The molecule has 152 valence electrons. The largest absolute Gasteiger partial charge is 0.458 e. The molecule has 1 aromatic carbocycles. The van der Waals surface area contributed by atoms with Crippen molar-refractivity contribution in [1.29, 1.82) is 0 Å². The van der Waals surface area contributed by atoms with Gasteiger partial charge >= 0.3 is 0 Å². The number of carbonyl (C=O) groups excluding carboxylic acids is 1. The molecule has 0 unspecified atom stereocenters. The summed E-state index contributed by atoms with van der Waals surface area (Å²) in [6, 6.07) is 11.9. The maximum absolute atomic E-state index is 12.6. The zero-order valence-corrected chi connectivity index (χ0v) is 17.8. The summed E-state index contributed by atoms with van der Waals surface area (Å²) < 4.78 is 7.27. The summed E-state index contributed by atoms with van der Waals surface area (Å²) in [6.07, 6.45) is 0. The van der Waals surface area contributed by atoms with E-state index in [2.05, 4.69) is 15.4 Å². The van der Waals surface area contributed by atoms with Crippen molar-refractivity contribution in [2.45, 2.75) is 20.4 Å². The van der Waals surface area contributed by atoms with Gasteiger partial charge in [-0.25, -0.2) is 9.67 Å². The summed E-state index contributed by atoms with van der Waals surface area (Å²) in [5.74, 6) is 0.599. The van der Waals surface area contributed by atoms with Gasteiger partial charge in [0.25, 0.3) is 5.91 Å². The molecule has 3 heterocycles. The molecule has 1 N–H and O–H groups in total. The molecule has 3 aromatic heterocycles. The van der Waals surface area contributed by atoms with E-state index in [-0.39, 0.29) is 12.2 Å². The second kappa shape index (κ2) is 8.25. The molecule has 0 saturated heterocycles. The molecule has 0 atom stereocenters. The SMILES string of the molecule is Cc1nc(-c2ccc(CNC(=O)c3nn(-c4ccc(Cl)cc4)c(C)cc3=O)o2)cs1. The normalized spacial score (nSPS) is 10.9. The van der Waals surface area contributed by atoms with Gasteiger partial charge in [0.15, 0.2) is 11.5 Å². The minimum Gasteiger partial charge on any atom is -0.458 e. The summed E-state index contributed by atoms with van der Waals surface area (Å²) in [5.41, 5.74) is 1.40. The third kappa shape index (κ3) is 4.19. The lowest BCUT2D eigenvalue weighted by Gasteiger charge is -2.11. The molecule has 0 spiro atoms. The number of hydrogen-bond donors (Lipinski definition) is 1. The summed E-state index contributed by atoms with van der Waals surface area (Å²) in [7, 11) is 0. The number of amides is 1. The molecule has 0 radical (unpaired) electrons. The van der Waals surface area contributed by atoms with Crippen molar-refractivity contribution in [2.75, 3.05) is 0 Å². The first kappa shape index (κ1) is 20.1. The Labute approximate surface area is 181 Å². The third-order valence-corrected chi connectivity index (χ3v) is 5.38. The van der Waals surface area contributed by atoms with Crippen LogP contribution in [0.1, 0.15) is 27.0 Å². The number of benzene rings is 1. The average molecular weight is 441 g/mol. The summed E-state index contributed by atoms with van der Waals surface area (Å²) >= 11 is 7.46. The van der Waals surface area contributed by atoms with E-state index in [1.165, 1.54) is 22.1 Å². The number of halogens is 1. The van der Waals surface area contributed by atoms with Crippen molar-refractivity contribution >= 4 is 28.8 Å². The fourth-order valence-corrected chi connectivity index (χ4v) is 3.61. The fourth-order valence-electron chi connectivity index (χ4n) is 2.89. The van der Waals surface area contributed by atoms with E-state index < -0.39 is 11.3 Å². The Morgan fingerprint density at radius 3 is 2.67 bits per heavy atom. The Morgan fingerprint density at radius 2 is 1.97 bits per heavy atom. The summed E-state index contributed by atoms with van der Waals surface area (Å²) in [4.78, 5) is 29.3. The lowest BCUT2D eigenvalue weighted by atomic mass is 10.2. The van der Waals surface area contributed by atoms with E-state index in [1.54, 1.807) is 43.3 Å². The molecule has 0 bridgehead atoms. The number of nitrogens with one attached hydrogen (secondary N) is 1. The maximum Gasteiger partial charge on any atom is 0.276 e. The van der Waals surface area contributed by atoms with Crippen LogP contribution in [0, 0.1) is 13.8 Å². The van der Waals surface area contributed by atoms with Crippen molar-refractivity contribution in [3.05, 3.63) is 85.2 Å². The molecule has 0 aliphatic heterocycles. The molecule has 0 aliphatic carbocycles. The molecule has 4 aromatic rings. The Hall–Kier alpha value is -3.23. The van der Waals surface area contributed by atoms with E-state index in [0.717, 1.165) is 10.7 Å². The molecule has 9 heteroatoms. The Balaban J connectivity index is 1.52. The number of hydrogen-bond acceptors (Lipinski definition) is 6. The van der Waals surface area contributed by atoms with Crippen molar-refractivity contribution < 1.29 is 9.21 Å². The van der Waals surface area contributed by atoms with Gasteiger partial charge in [0.1, 0.15) is 11.5 Å². The molecular formula is C21H17ClN4O3S. The highest BCUT2D eigenvalue weighted by Crippen LogP contribution is 2.23. The molecule has 0 fully saturated rings. The Morgan fingerprint density at radius 1 is 1.20 bits per heavy atom. The first-order valence-corrected chi connectivity index (χ1v) is 10.3. The Kier molecular flexibility index (Phi) is 5.52. The van der Waals surface area contributed by atoms with Gasteiger partial charge < -0.3 is 9.73 Å². The highest BCUT2D eigenvalue weighted by atomic mass is 35.5. The van der Waals surface area contributed by atoms with Gasteiger partial charge in [-0.15, -0.1) is 11.3 Å². The van der Waals surface area contributed by atoms with Crippen LogP contribution < -0.4 is 10.7 Å². The highest BCUT2D eigenvalue weighted by Gasteiger charge is 2.16. The van der Waals surface area contributed by atoms with Crippen LogP contribution in [0.5, 0.6) is 0 Å². The predicted octanol–water partition coefficient (Wildman–Crippen LogP) is 4.15. The summed E-state index contributed by atoms with van der Waals surface area (Å²) in [6.45, 7) is 3.79. The van der Waals surface area contributed by atoms with Gasteiger partial charge in [-0.3, -0.25) is 9.59 Å². The van der Waals surface area contributed by atoms with Crippen molar-refractivity contribution in [3.63, 3.8) is 0 Å². The topological polar surface area (TPSA) is 90.0 Å². The molecule has 7 nitrogen and oxygen atoms in total. The van der Waals surface area contributed by atoms with Crippen LogP contribution in [0.15, 0.2) is 57.1 Å². The number of furan rings is 1. The van der Waals surface area contributed by atoms with Crippen molar-refractivity contribution in [1.82, 2.24) is 20.1 Å². The van der Waals surface area contributed by atoms with E-state index >= 15 is 0 Å².